The monoisotopic (exact) mass is 390 g/mol. The van der Waals surface area contributed by atoms with Crippen LogP contribution in [0.5, 0.6) is 0 Å². The quantitative estimate of drug-likeness (QED) is 0.714. The van der Waals surface area contributed by atoms with Crippen molar-refractivity contribution in [2.75, 3.05) is 52.5 Å². The van der Waals surface area contributed by atoms with Crippen molar-refractivity contribution in [2.24, 2.45) is 0 Å². The summed E-state index contributed by atoms with van der Waals surface area (Å²) in [4.78, 5) is 4.73. The topological polar surface area (TPSA) is 35.9 Å². The van der Waals surface area contributed by atoms with Crippen LogP contribution in [0.15, 0.2) is 48.5 Å². The number of benzene rings is 2. The number of hydrogen-bond donors (Lipinski definition) is 1. The van der Waals surface area contributed by atoms with Crippen molar-refractivity contribution >= 4 is 0 Å². The lowest BCUT2D eigenvalue weighted by Crippen LogP contribution is -2.47. The zero-order valence-electron chi connectivity index (χ0n) is 16.1. The van der Waals surface area contributed by atoms with Crippen LogP contribution in [0.2, 0.25) is 0 Å². The first kappa shape index (κ1) is 20.9. The second kappa shape index (κ2) is 10.6. The molecule has 0 aliphatic carbocycles. The summed E-state index contributed by atoms with van der Waals surface area (Å²) < 4.78 is 32.7. The molecule has 0 saturated carbocycles. The number of aliphatic hydroxyl groups excluding tert-OH is 1. The predicted octanol–water partition coefficient (Wildman–Crippen LogP) is 3.07. The van der Waals surface area contributed by atoms with E-state index < -0.39 is 0 Å². The third-order valence-corrected chi connectivity index (χ3v) is 5.13. The summed E-state index contributed by atoms with van der Waals surface area (Å²) in [7, 11) is 0. The largest absolute Gasteiger partial charge is 0.396 e. The SMILES string of the molecule is OCCCN1CCN(CCOC(c2ccc(F)cc2)c2ccc(F)cc2)CC1. The fraction of sp³-hybridized carbons (Fsp3) is 0.455. The highest BCUT2D eigenvalue weighted by atomic mass is 19.1. The van der Waals surface area contributed by atoms with Crippen LogP contribution in [0.25, 0.3) is 0 Å². The third-order valence-electron chi connectivity index (χ3n) is 5.13. The fourth-order valence-corrected chi connectivity index (χ4v) is 3.49. The van der Waals surface area contributed by atoms with Crippen molar-refractivity contribution in [1.29, 1.82) is 0 Å². The van der Waals surface area contributed by atoms with E-state index in [1.807, 2.05) is 0 Å². The van der Waals surface area contributed by atoms with E-state index in [1.54, 1.807) is 24.3 Å². The molecule has 0 spiro atoms. The van der Waals surface area contributed by atoms with Gasteiger partial charge in [-0.15, -0.1) is 0 Å². The Kier molecular flexibility index (Phi) is 7.91. The van der Waals surface area contributed by atoms with Gasteiger partial charge >= 0.3 is 0 Å². The Balaban J connectivity index is 1.55. The second-order valence-corrected chi connectivity index (χ2v) is 7.11. The summed E-state index contributed by atoms with van der Waals surface area (Å²) in [6.45, 7) is 6.49. The zero-order chi connectivity index (χ0) is 19.8. The van der Waals surface area contributed by atoms with Crippen molar-refractivity contribution in [3.63, 3.8) is 0 Å². The average molecular weight is 390 g/mol. The number of nitrogens with zero attached hydrogens (tertiary/aromatic N) is 2. The molecule has 0 aromatic heterocycles. The summed E-state index contributed by atoms with van der Waals surface area (Å²) in [5.41, 5.74) is 1.70. The van der Waals surface area contributed by atoms with Crippen molar-refractivity contribution in [3.05, 3.63) is 71.3 Å². The van der Waals surface area contributed by atoms with Gasteiger partial charge in [-0.2, -0.15) is 0 Å². The molecule has 2 aromatic carbocycles. The number of hydrogen-bond acceptors (Lipinski definition) is 4. The van der Waals surface area contributed by atoms with Gasteiger partial charge in [0.25, 0.3) is 0 Å². The van der Waals surface area contributed by atoms with Gasteiger partial charge in [-0.3, -0.25) is 4.90 Å². The molecular formula is C22H28F2N2O2. The Bertz CT molecular complexity index is 656. The van der Waals surface area contributed by atoms with Gasteiger partial charge in [-0.05, 0) is 41.8 Å². The molecule has 1 aliphatic rings. The summed E-state index contributed by atoms with van der Waals surface area (Å²) in [6.07, 6.45) is 0.465. The molecule has 0 atom stereocenters. The minimum atomic E-state index is -0.355. The number of aliphatic hydroxyl groups is 1. The maximum atomic E-state index is 13.3. The highest BCUT2D eigenvalue weighted by molar-refractivity contribution is 5.30. The molecule has 1 saturated heterocycles. The molecule has 3 rings (SSSR count). The molecule has 28 heavy (non-hydrogen) atoms. The van der Waals surface area contributed by atoms with Gasteiger partial charge < -0.3 is 14.7 Å². The van der Waals surface area contributed by atoms with Crippen LogP contribution in [0, 0.1) is 11.6 Å². The van der Waals surface area contributed by atoms with Crippen molar-refractivity contribution in [1.82, 2.24) is 9.80 Å². The van der Waals surface area contributed by atoms with E-state index in [0.29, 0.717) is 6.61 Å². The first-order valence-electron chi connectivity index (χ1n) is 9.84. The Hall–Kier alpha value is -1.86. The predicted molar refractivity (Wildman–Crippen MR) is 105 cm³/mol. The van der Waals surface area contributed by atoms with E-state index in [0.717, 1.165) is 56.8 Å². The molecule has 6 heteroatoms. The third kappa shape index (κ3) is 6.07. The van der Waals surface area contributed by atoms with Crippen molar-refractivity contribution in [3.8, 4) is 0 Å². The van der Waals surface area contributed by atoms with Crippen molar-refractivity contribution < 1.29 is 18.6 Å². The van der Waals surface area contributed by atoms with E-state index in [4.69, 9.17) is 9.84 Å². The van der Waals surface area contributed by atoms with Gasteiger partial charge in [0.2, 0.25) is 0 Å². The minimum absolute atomic E-state index is 0.238. The van der Waals surface area contributed by atoms with E-state index in [2.05, 4.69) is 9.80 Å². The molecule has 0 radical (unpaired) electrons. The molecular weight excluding hydrogens is 362 g/mol. The van der Waals surface area contributed by atoms with Gasteiger partial charge in [-0.25, -0.2) is 8.78 Å². The maximum Gasteiger partial charge on any atom is 0.123 e. The van der Waals surface area contributed by atoms with Gasteiger partial charge in [0, 0.05) is 45.9 Å². The minimum Gasteiger partial charge on any atom is -0.396 e. The maximum absolute atomic E-state index is 13.3. The summed E-state index contributed by atoms with van der Waals surface area (Å²) in [5, 5.41) is 8.94. The number of rotatable bonds is 9. The van der Waals surface area contributed by atoms with Crippen LogP contribution in [-0.2, 0) is 4.74 Å². The van der Waals surface area contributed by atoms with Crippen LogP contribution < -0.4 is 0 Å². The molecule has 1 heterocycles. The van der Waals surface area contributed by atoms with Crippen LogP contribution in [0.3, 0.4) is 0 Å². The molecule has 0 amide bonds. The standard InChI is InChI=1S/C22H28F2N2O2/c23-20-6-2-18(3-7-20)22(19-4-8-21(24)9-5-19)28-17-15-26-13-11-25(12-14-26)10-1-16-27/h2-9,22,27H,1,10-17H2. The molecule has 1 aliphatic heterocycles. The first-order valence-corrected chi connectivity index (χ1v) is 9.84. The van der Waals surface area contributed by atoms with E-state index >= 15 is 0 Å². The summed E-state index contributed by atoms with van der Waals surface area (Å²) in [6, 6.07) is 12.5. The smallest absolute Gasteiger partial charge is 0.123 e. The van der Waals surface area contributed by atoms with Crippen molar-refractivity contribution in [2.45, 2.75) is 12.5 Å². The Morgan fingerprint density at radius 1 is 0.786 bits per heavy atom. The first-order chi connectivity index (χ1) is 13.7. The number of ether oxygens (including phenoxy) is 1. The van der Waals surface area contributed by atoms with E-state index in [9.17, 15) is 8.78 Å². The Labute approximate surface area is 165 Å². The highest BCUT2D eigenvalue weighted by Crippen LogP contribution is 2.26. The van der Waals surface area contributed by atoms with Gasteiger partial charge in [-0.1, -0.05) is 24.3 Å². The van der Waals surface area contributed by atoms with Crippen LogP contribution in [0.4, 0.5) is 8.78 Å². The van der Waals surface area contributed by atoms with E-state index in [-0.39, 0.29) is 24.3 Å². The van der Waals surface area contributed by atoms with Gasteiger partial charge in [0.05, 0.1) is 6.61 Å². The zero-order valence-corrected chi connectivity index (χ0v) is 16.1. The Morgan fingerprint density at radius 2 is 1.25 bits per heavy atom. The molecule has 2 aromatic rings. The molecule has 4 nitrogen and oxygen atoms in total. The lowest BCUT2D eigenvalue weighted by atomic mass is 10.0. The second-order valence-electron chi connectivity index (χ2n) is 7.11. The van der Waals surface area contributed by atoms with E-state index in [1.165, 1.54) is 24.3 Å². The van der Waals surface area contributed by atoms with Crippen LogP contribution in [-0.4, -0.2) is 67.4 Å². The average Bonchev–Trinajstić information content (AvgIpc) is 2.72. The lowest BCUT2D eigenvalue weighted by Gasteiger charge is -2.34. The van der Waals surface area contributed by atoms with Gasteiger partial charge in [0.1, 0.15) is 17.7 Å². The molecule has 152 valence electrons. The normalized spacial score (nSPS) is 16.0. The summed E-state index contributed by atoms with van der Waals surface area (Å²) in [5.74, 6) is -0.582. The summed E-state index contributed by atoms with van der Waals surface area (Å²) >= 11 is 0. The van der Waals surface area contributed by atoms with Gasteiger partial charge in [0.15, 0.2) is 0 Å². The molecule has 1 fully saturated rings. The molecule has 1 N–H and O–H groups in total. The lowest BCUT2D eigenvalue weighted by molar-refractivity contribution is 0.0445. The molecule has 0 unspecified atom stereocenters. The Morgan fingerprint density at radius 3 is 1.71 bits per heavy atom. The number of piperazine rings is 1. The highest BCUT2D eigenvalue weighted by Gasteiger charge is 2.18. The van der Waals surface area contributed by atoms with Crippen LogP contribution >= 0.6 is 0 Å². The van der Waals surface area contributed by atoms with Crippen LogP contribution in [0.1, 0.15) is 23.7 Å². The molecule has 0 bridgehead atoms. The number of halogens is 2. The fourth-order valence-electron chi connectivity index (χ4n) is 3.49.